The van der Waals surface area contributed by atoms with Crippen LogP contribution in [0.5, 0.6) is 0 Å². The molecule has 1 unspecified atom stereocenters. The first-order valence-electron chi connectivity index (χ1n) is 10.6. The van der Waals surface area contributed by atoms with Crippen molar-refractivity contribution < 1.29 is 9.53 Å². The van der Waals surface area contributed by atoms with Gasteiger partial charge in [-0.05, 0) is 37.2 Å². The fourth-order valence-electron chi connectivity index (χ4n) is 3.49. The zero-order valence-electron chi connectivity index (χ0n) is 17.4. The first-order chi connectivity index (χ1) is 13.7. The molecule has 1 heterocycles. The first kappa shape index (κ1) is 23.9. The van der Waals surface area contributed by atoms with Crippen LogP contribution in [-0.4, -0.2) is 63.2 Å². The summed E-state index contributed by atoms with van der Waals surface area (Å²) >= 11 is 0. The number of carbonyl (C=O) groups excluding carboxylic acids is 1. The molecule has 0 bridgehead atoms. The zero-order chi connectivity index (χ0) is 19.6. The molecule has 3 rings (SSSR count). The van der Waals surface area contributed by atoms with E-state index < -0.39 is 0 Å². The Morgan fingerprint density at radius 2 is 2.00 bits per heavy atom. The van der Waals surface area contributed by atoms with Gasteiger partial charge in [0.15, 0.2) is 5.96 Å². The van der Waals surface area contributed by atoms with Gasteiger partial charge >= 0.3 is 0 Å². The van der Waals surface area contributed by atoms with Crippen molar-refractivity contribution in [1.82, 2.24) is 15.5 Å². The third-order valence-corrected chi connectivity index (χ3v) is 5.40. The summed E-state index contributed by atoms with van der Waals surface area (Å²) in [6.45, 7) is 4.96. The lowest BCUT2D eigenvalue weighted by molar-refractivity contribution is -0.127. The smallest absolute Gasteiger partial charge is 0.223 e. The van der Waals surface area contributed by atoms with Crippen LogP contribution in [0.1, 0.15) is 31.2 Å². The van der Waals surface area contributed by atoms with Crippen molar-refractivity contribution in [1.29, 1.82) is 0 Å². The minimum absolute atomic E-state index is 0. The minimum Gasteiger partial charge on any atom is -0.381 e. The maximum atomic E-state index is 12.3. The molecule has 1 aliphatic carbocycles. The highest BCUT2D eigenvalue weighted by molar-refractivity contribution is 14.0. The molecule has 0 aromatic heterocycles. The summed E-state index contributed by atoms with van der Waals surface area (Å²) in [5.74, 6) is 2.23. The molecular formula is C22H35IN4O2. The van der Waals surface area contributed by atoms with Crippen LogP contribution in [0.25, 0.3) is 0 Å². The molecule has 162 valence electrons. The second-order valence-corrected chi connectivity index (χ2v) is 7.90. The topological polar surface area (TPSA) is 66.0 Å². The molecule has 6 nitrogen and oxygen atoms in total. The third-order valence-electron chi connectivity index (χ3n) is 5.40. The average Bonchev–Trinajstić information content (AvgIpc) is 3.48. The molecule has 0 radical (unpaired) electrons. The van der Waals surface area contributed by atoms with Gasteiger partial charge < -0.3 is 20.3 Å². The molecule has 1 aromatic rings. The van der Waals surface area contributed by atoms with Crippen LogP contribution in [0, 0.1) is 11.8 Å². The summed E-state index contributed by atoms with van der Waals surface area (Å²) in [7, 11) is 1.78. The molecular weight excluding hydrogens is 479 g/mol. The third kappa shape index (κ3) is 8.90. The molecule has 0 spiro atoms. The number of carbonyl (C=O) groups is 1. The number of amides is 1. The molecule has 2 N–H and O–H groups in total. The van der Waals surface area contributed by atoms with Crippen LogP contribution in [-0.2, 0) is 16.0 Å². The second kappa shape index (κ2) is 13.1. The molecule has 7 heteroatoms. The second-order valence-electron chi connectivity index (χ2n) is 7.90. The van der Waals surface area contributed by atoms with Crippen LogP contribution in [0.15, 0.2) is 35.3 Å². The van der Waals surface area contributed by atoms with Gasteiger partial charge in [0.25, 0.3) is 0 Å². The Balaban J connectivity index is 0.00000300. The van der Waals surface area contributed by atoms with Crippen molar-refractivity contribution >= 4 is 35.8 Å². The Labute approximate surface area is 191 Å². The van der Waals surface area contributed by atoms with Gasteiger partial charge in [-0.15, -0.1) is 24.0 Å². The quantitative estimate of drug-likeness (QED) is 0.206. The number of hydrogen-bond donors (Lipinski definition) is 2. The number of guanidine groups is 1. The lowest BCUT2D eigenvalue weighted by atomic mass is 10.1. The predicted octanol–water partition coefficient (Wildman–Crippen LogP) is 2.68. The van der Waals surface area contributed by atoms with Crippen molar-refractivity contribution in [2.24, 2.45) is 16.8 Å². The van der Waals surface area contributed by atoms with Crippen molar-refractivity contribution in [3.63, 3.8) is 0 Å². The highest BCUT2D eigenvalue weighted by Crippen LogP contribution is 2.28. The number of nitrogens with zero attached hydrogens (tertiary/aromatic N) is 2. The molecule has 2 aliphatic rings. The van der Waals surface area contributed by atoms with E-state index in [-0.39, 0.29) is 29.9 Å². The van der Waals surface area contributed by atoms with Crippen LogP contribution >= 0.6 is 24.0 Å². The lowest BCUT2D eigenvalue weighted by Gasteiger charge is -2.18. The molecule has 1 atom stereocenters. The van der Waals surface area contributed by atoms with E-state index in [2.05, 4.69) is 27.8 Å². The summed E-state index contributed by atoms with van der Waals surface area (Å²) < 4.78 is 5.65. The number of hydrogen-bond acceptors (Lipinski definition) is 3. The summed E-state index contributed by atoms with van der Waals surface area (Å²) in [6, 6.07) is 10.4. The summed E-state index contributed by atoms with van der Waals surface area (Å²) in [6.07, 6.45) is 5.18. The largest absolute Gasteiger partial charge is 0.381 e. The van der Waals surface area contributed by atoms with E-state index in [0.717, 1.165) is 64.1 Å². The summed E-state index contributed by atoms with van der Waals surface area (Å²) in [5, 5.41) is 6.69. The SMILES string of the molecule is CN=C(NCCCOCC1CC1)NCC1CC(=O)N(CCc2ccccc2)C1.I. The Morgan fingerprint density at radius 3 is 2.72 bits per heavy atom. The fourth-order valence-corrected chi connectivity index (χ4v) is 3.49. The van der Waals surface area contributed by atoms with Gasteiger partial charge in [0.1, 0.15) is 0 Å². The van der Waals surface area contributed by atoms with Gasteiger partial charge in [0.2, 0.25) is 5.91 Å². The summed E-state index contributed by atoms with van der Waals surface area (Å²) in [4.78, 5) is 18.6. The predicted molar refractivity (Wildman–Crippen MR) is 128 cm³/mol. The van der Waals surface area contributed by atoms with Crippen molar-refractivity contribution in [3.05, 3.63) is 35.9 Å². The van der Waals surface area contributed by atoms with Crippen LogP contribution in [0.3, 0.4) is 0 Å². The number of nitrogens with one attached hydrogen (secondary N) is 2. The number of ether oxygens (including phenoxy) is 1. The van der Waals surface area contributed by atoms with E-state index in [1.807, 2.05) is 23.1 Å². The fraction of sp³-hybridized carbons (Fsp3) is 0.636. The number of aliphatic imine (C=N–C) groups is 1. The average molecular weight is 514 g/mol. The van der Waals surface area contributed by atoms with Crippen LogP contribution in [0.2, 0.25) is 0 Å². The van der Waals surface area contributed by atoms with E-state index in [1.54, 1.807) is 7.05 Å². The molecule has 1 amide bonds. The van der Waals surface area contributed by atoms with Crippen LogP contribution in [0.4, 0.5) is 0 Å². The minimum atomic E-state index is 0. The van der Waals surface area contributed by atoms with Gasteiger partial charge in [0.05, 0.1) is 0 Å². The Kier molecular flexibility index (Phi) is 10.8. The van der Waals surface area contributed by atoms with Gasteiger partial charge in [-0.1, -0.05) is 30.3 Å². The normalized spacial score (nSPS) is 19.2. The molecule has 1 aliphatic heterocycles. The van der Waals surface area contributed by atoms with Crippen molar-refractivity contribution in [3.8, 4) is 0 Å². The maximum Gasteiger partial charge on any atom is 0.223 e. The van der Waals surface area contributed by atoms with Crippen molar-refractivity contribution in [2.75, 3.05) is 46.4 Å². The van der Waals surface area contributed by atoms with Gasteiger partial charge in [-0.25, -0.2) is 0 Å². The Morgan fingerprint density at radius 1 is 1.21 bits per heavy atom. The summed E-state index contributed by atoms with van der Waals surface area (Å²) in [5.41, 5.74) is 1.28. The first-order valence-corrected chi connectivity index (χ1v) is 10.6. The molecule has 29 heavy (non-hydrogen) atoms. The van der Waals surface area contributed by atoms with E-state index in [9.17, 15) is 4.79 Å². The number of likely N-dealkylation sites (tertiary alicyclic amines) is 1. The van der Waals surface area contributed by atoms with Gasteiger partial charge in [-0.3, -0.25) is 9.79 Å². The van der Waals surface area contributed by atoms with E-state index in [1.165, 1.54) is 18.4 Å². The molecule has 1 aromatic carbocycles. The van der Waals surface area contributed by atoms with E-state index in [4.69, 9.17) is 4.74 Å². The molecule has 2 fully saturated rings. The maximum absolute atomic E-state index is 12.3. The Bertz CT molecular complexity index is 637. The monoisotopic (exact) mass is 514 g/mol. The molecule has 1 saturated carbocycles. The lowest BCUT2D eigenvalue weighted by Crippen LogP contribution is -2.40. The number of benzene rings is 1. The van der Waals surface area contributed by atoms with Crippen molar-refractivity contribution in [2.45, 2.75) is 32.1 Å². The number of halogens is 1. The van der Waals surface area contributed by atoms with Crippen LogP contribution < -0.4 is 10.6 Å². The highest BCUT2D eigenvalue weighted by atomic mass is 127. The molecule has 1 saturated heterocycles. The highest BCUT2D eigenvalue weighted by Gasteiger charge is 2.29. The standard InChI is InChI=1S/C22H34N4O2.HI/c1-23-22(24-11-5-13-28-17-19-8-9-19)25-15-20-14-21(27)26(16-20)12-10-18-6-3-2-4-7-18;/h2-4,6-7,19-20H,5,8-17H2,1H3,(H2,23,24,25);1H. The van der Waals surface area contributed by atoms with E-state index >= 15 is 0 Å². The van der Waals surface area contributed by atoms with E-state index in [0.29, 0.717) is 12.3 Å². The van der Waals surface area contributed by atoms with Gasteiger partial charge in [0, 0.05) is 58.8 Å². The zero-order valence-corrected chi connectivity index (χ0v) is 19.8. The Hall–Kier alpha value is -1.35. The number of rotatable bonds is 11. The van der Waals surface area contributed by atoms with Gasteiger partial charge in [-0.2, -0.15) is 0 Å².